The van der Waals surface area contributed by atoms with Crippen molar-refractivity contribution in [2.45, 2.75) is 26.0 Å². The summed E-state index contributed by atoms with van der Waals surface area (Å²) in [6, 6.07) is 9.96. The Bertz CT molecular complexity index is 404. The molecule has 1 aliphatic heterocycles. The van der Waals surface area contributed by atoms with Crippen molar-refractivity contribution in [3.63, 3.8) is 0 Å². The van der Waals surface area contributed by atoms with Crippen molar-refractivity contribution in [3.8, 4) is 0 Å². The Hall–Kier alpha value is -1.35. The highest BCUT2D eigenvalue weighted by molar-refractivity contribution is 5.81. The van der Waals surface area contributed by atoms with E-state index in [-0.39, 0.29) is 17.9 Å². The lowest BCUT2D eigenvalue weighted by atomic mass is 10.1. The maximum Gasteiger partial charge on any atom is 0.249 e. The number of fused-ring (bicyclic) bond motifs is 1. The molecule has 3 atom stereocenters. The van der Waals surface area contributed by atoms with Crippen LogP contribution in [0.5, 0.6) is 0 Å². The number of amides is 1. The second-order valence-electron chi connectivity index (χ2n) is 4.68. The minimum Gasteiger partial charge on any atom is -0.272 e. The summed E-state index contributed by atoms with van der Waals surface area (Å²) in [5.41, 5.74) is 1.11. The van der Waals surface area contributed by atoms with Crippen molar-refractivity contribution in [2.24, 2.45) is 11.8 Å². The standard InChI is InChI=1S/C13H15NO2/c1-9-11-7-12(11)13(15)14(16-9)8-10-5-3-2-4-6-10/h2-6,9,11-12H,7-8H2,1H3/t9-,11-,12-/m0/s1. The van der Waals surface area contributed by atoms with Crippen LogP contribution in [-0.4, -0.2) is 17.1 Å². The van der Waals surface area contributed by atoms with Gasteiger partial charge >= 0.3 is 0 Å². The van der Waals surface area contributed by atoms with E-state index in [0.29, 0.717) is 12.5 Å². The largest absolute Gasteiger partial charge is 0.272 e. The van der Waals surface area contributed by atoms with Gasteiger partial charge in [-0.1, -0.05) is 30.3 Å². The molecule has 0 bridgehead atoms. The van der Waals surface area contributed by atoms with Crippen molar-refractivity contribution >= 4 is 5.91 Å². The van der Waals surface area contributed by atoms with Gasteiger partial charge in [-0.05, 0) is 24.8 Å². The zero-order valence-corrected chi connectivity index (χ0v) is 9.30. The van der Waals surface area contributed by atoms with E-state index in [9.17, 15) is 4.79 Å². The fraction of sp³-hybridized carbons (Fsp3) is 0.462. The molecule has 16 heavy (non-hydrogen) atoms. The average Bonchev–Trinajstić information content (AvgIpc) is 3.07. The summed E-state index contributed by atoms with van der Waals surface area (Å²) in [5, 5.41) is 1.54. The summed E-state index contributed by atoms with van der Waals surface area (Å²) in [6.45, 7) is 2.61. The van der Waals surface area contributed by atoms with Crippen LogP contribution in [0.1, 0.15) is 18.9 Å². The quantitative estimate of drug-likeness (QED) is 0.758. The summed E-state index contributed by atoms with van der Waals surface area (Å²) in [4.78, 5) is 17.6. The number of carbonyl (C=O) groups excluding carboxylic acids is 1. The van der Waals surface area contributed by atoms with E-state index < -0.39 is 0 Å². The highest BCUT2D eigenvalue weighted by Crippen LogP contribution is 2.47. The fourth-order valence-corrected chi connectivity index (χ4v) is 2.40. The zero-order chi connectivity index (χ0) is 11.1. The van der Waals surface area contributed by atoms with Crippen molar-refractivity contribution in [2.75, 3.05) is 0 Å². The molecule has 1 aliphatic carbocycles. The molecular formula is C13H15NO2. The van der Waals surface area contributed by atoms with Gasteiger partial charge in [0.1, 0.15) is 0 Å². The second-order valence-corrected chi connectivity index (χ2v) is 4.68. The predicted octanol–water partition coefficient (Wildman–Crippen LogP) is 1.98. The number of hydrogen-bond donors (Lipinski definition) is 0. The lowest BCUT2D eigenvalue weighted by Gasteiger charge is -2.29. The Kier molecular flexibility index (Phi) is 2.21. The van der Waals surface area contributed by atoms with E-state index >= 15 is 0 Å². The van der Waals surface area contributed by atoms with Gasteiger partial charge in [-0.2, -0.15) is 0 Å². The van der Waals surface area contributed by atoms with E-state index in [1.165, 1.54) is 5.06 Å². The van der Waals surface area contributed by atoms with Crippen LogP contribution in [0.4, 0.5) is 0 Å². The smallest absolute Gasteiger partial charge is 0.249 e. The third-order valence-electron chi connectivity index (χ3n) is 3.47. The van der Waals surface area contributed by atoms with E-state index in [2.05, 4.69) is 6.92 Å². The normalized spacial score (nSPS) is 32.4. The summed E-state index contributed by atoms with van der Waals surface area (Å²) in [6.07, 6.45) is 1.19. The maximum absolute atomic E-state index is 11.9. The fourth-order valence-electron chi connectivity index (χ4n) is 2.40. The van der Waals surface area contributed by atoms with E-state index in [4.69, 9.17) is 4.84 Å². The summed E-state index contributed by atoms with van der Waals surface area (Å²) in [5.74, 6) is 0.860. The molecule has 1 aromatic carbocycles. The van der Waals surface area contributed by atoms with Gasteiger partial charge in [-0.3, -0.25) is 9.63 Å². The van der Waals surface area contributed by atoms with Crippen LogP contribution < -0.4 is 0 Å². The molecule has 84 valence electrons. The average molecular weight is 217 g/mol. The van der Waals surface area contributed by atoms with Crippen molar-refractivity contribution in [1.29, 1.82) is 0 Å². The highest BCUT2D eigenvalue weighted by atomic mass is 16.7. The first-order valence-electron chi connectivity index (χ1n) is 5.78. The lowest BCUT2D eigenvalue weighted by molar-refractivity contribution is -0.225. The van der Waals surface area contributed by atoms with Crippen LogP contribution in [0.3, 0.4) is 0 Å². The second kappa shape index (κ2) is 3.59. The predicted molar refractivity (Wildman–Crippen MR) is 59.1 cm³/mol. The van der Waals surface area contributed by atoms with Gasteiger partial charge in [0, 0.05) is 5.92 Å². The molecule has 3 rings (SSSR count). The molecule has 0 unspecified atom stereocenters. The Balaban J connectivity index is 1.73. The third kappa shape index (κ3) is 1.61. The molecule has 2 aliphatic rings. The van der Waals surface area contributed by atoms with Gasteiger partial charge in [0.15, 0.2) is 0 Å². The molecular weight excluding hydrogens is 202 g/mol. The van der Waals surface area contributed by atoms with Gasteiger partial charge in [0.25, 0.3) is 0 Å². The van der Waals surface area contributed by atoms with E-state index in [1.54, 1.807) is 0 Å². The molecule has 1 saturated carbocycles. The number of nitrogens with zero attached hydrogens (tertiary/aromatic N) is 1. The number of hydroxylamine groups is 2. The van der Waals surface area contributed by atoms with Crippen LogP contribution >= 0.6 is 0 Å². The minimum absolute atomic E-state index is 0.159. The number of carbonyl (C=O) groups is 1. The Morgan fingerprint density at radius 3 is 2.88 bits per heavy atom. The van der Waals surface area contributed by atoms with Gasteiger partial charge in [0.05, 0.1) is 12.6 Å². The molecule has 3 heteroatoms. The van der Waals surface area contributed by atoms with Crippen LogP contribution in [0.2, 0.25) is 0 Å². The molecule has 0 N–H and O–H groups in total. The maximum atomic E-state index is 11.9. The third-order valence-corrected chi connectivity index (χ3v) is 3.47. The van der Waals surface area contributed by atoms with Gasteiger partial charge in [0.2, 0.25) is 5.91 Å². The van der Waals surface area contributed by atoms with E-state index in [0.717, 1.165) is 12.0 Å². The van der Waals surface area contributed by atoms with Gasteiger partial charge in [-0.15, -0.1) is 0 Å². The van der Waals surface area contributed by atoms with Gasteiger partial charge in [-0.25, -0.2) is 5.06 Å². The van der Waals surface area contributed by atoms with Crippen LogP contribution in [-0.2, 0) is 16.2 Å². The summed E-state index contributed by atoms with van der Waals surface area (Å²) >= 11 is 0. The molecule has 0 aromatic heterocycles. The highest BCUT2D eigenvalue weighted by Gasteiger charge is 2.53. The first-order valence-corrected chi connectivity index (χ1v) is 5.78. The molecule has 0 spiro atoms. The van der Waals surface area contributed by atoms with Gasteiger partial charge < -0.3 is 0 Å². The molecule has 0 radical (unpaired) electrons. The molecule has 1 amide bonds. The lowest BCUT2D eigenvalue weighted by Crippen LogP contribution is -2.40. The number of rotatable bonds is 2. The molecule has 1 heterocycles. The Morgan fingerprint density at radius 2 is 2.12 bits per heavy atom. The van der Waals surface area contributed by atoms with E-state index in [1.807, 2.05) is 30.3 Å². The molecule has 2 fully saturated rings. The first kappa shape index (κ1) is 9.85. The van der Waals surface area contributed by atoms with Crippen LogP contribution in [0.15, 0.2) is 30.3 Å². The summed E-state index contributed by atoms with van der Waals surface area (Å²) < 4.78 is 0. The van der Waals surface area contributed by atoms with Crippen molar-refractivity contribution in [1.82, 2.24) is 5.06 Å². The zero-order valence-electron chi connectivity index (χ0n) is 9.30. The number of benzene rings is 1. The van der Waals surface area contributed by atoms with Crippen LogP contribution in [0, 0.1) is 11.8 Å². The topological polar surface area (TPSA) is 29.5 Å². The van der Waals surface area contributed by atoms with Crippen molar-refractivity contribution < 1.29 is 9.63 Å². The SMILES string of the molecule is C[C@@H]1ON(Cc2ccccc2)C(=O)[C@H]2C[C@@H]12. The Labute approximate surface area is 95.0 Å². The monoisotopic (exact) mass is 217 g/mol. The molecule has 1 saturated heterocycles. The molecule has 3 nitrogen and oxygen atoms in total. The molecule has 1 aromatic rings. The minimum atomic E-state index is 0.159. The van der Waals surface area contributed by atoms with Crippen molar-refractivity contribution in [3.05, 3.63) is 35.9 Å². The number of hydrogen-bond acceptors (Lipinski definition) is 2. The van der Waals surface area contributed by atoms with Crippen LogP contribution in [0.25, 0.3) is 0 Å². The Morgan fingerprint density at radius 1 is 1.38 bits per heavy atom. The first-order chi connectivity index (χ1) is 7.75. The summed E-state index contributed by atoms with van der Waals surface area (Å²) in [7, 11) is 0.